The molecule has 7 nitrogen and oxygen atoms in total. The number of thiophene rings is 2. The summed E-state index contributed by atoms with van der Waals surface area (Å²) in [6, 6.07) is 2.12. The molecular weight excluding hydrogens is 464 g/mol. The Morgan fingerprint density at radius 1 is 1.31 bits per heavy atom. The lowest BCUT2D eigenvalue weighted by molar-refractivity contribution is -0.113. The van der Waals surface area contributed by atoms with Crippen molar-refractivity contribution in [3.63, 3.8) is 0 Å². The van der Waals surface area contributed by atoms with Gasteiger partial charge in [-0.1, -0.05) is 24.8 Å². The SMILES string of the molecule is C=CCn1c(SCC(=O)Nc2sc(C)c(C)c2C(=O)OCC)nnc1-c1csc(CC)c1. The molecule has 0 radical (unpaired) electrons. The van der Waals surface area contributed by atoms with Crippen molar-refractivity contribution in [2.45, 2.75) is 45.8 Å². The average molecular weight is 491 g/mol. The predicted octanol–water partition coefficient (Wildman–Crippen LogP) is 5.34. The van der Waals surface area contributed by atoms with Gasteiger partial charge >= 0.3 is 5.97 Å². The van der Waals surface area contributed by atoms with Crippen molar-refractivity contribution in [2.75, 3.05) is 17.7 Å². The Morgan fingerprint density at radius 2 is 2.09 bits per heavy atom. The molecule has 3 aromatic heterocycles. The van der Waals surface area contributed by atoms with E-state index in [1.165, 1.54) is 28.0 Å². The minimum Gasteiger partial charge on any atom is -0.462 e. The number of allylic oxidation sites excluding steroid dienone is 1. The Hall–Kier alpha value is -2.43. The van der Waals surface area contributed by atoms with Crippen LogP contribution in [0.4, 0.5) is 5.00 Å². The van der Waals surface area contributed by atoms with Crippen LogP contribution in [0.3, 0.4) is 0 Å². The number of esters is 1. The number of rotatable bonds is 10. The van der Waals surface area contributed by atoms with Crippen LogP contribution in [0.15, 0.2) is 29.3 Å². The van der Waals surface area contributed by atoms with E-state index in [0.29, 0.717) is 22.3 Å². The highest BCUT2D eigenvalue weighted by molar-refractivity contribution is 7.99. The Bertz CT molecular complexity index is 1130. The first kappa shape index (κ1) is 24.2. The van der Waals surface area contributed by atoms with E-state index < -0.39 is 5.97 Å². The maximum absolute atomic E-state index is 12.7. The van der Waals surface area contributed by atoms with Gasteiger partial charge in [-0.2, -0.15) is 0 Å². The van der Waals surface area contributed by atoms with Gasteiger partial charge in [0.15, 0.2) is 11.0 Å². The van der Waals surface area contributed by atoms with Gasteiger partial charge in [-0.05, 0) is 38.8 Å². The fourth-order valence-corrected chi connectivity index (χ4v) is 5.67. The summed E-state index contributed by atoms with van der Waals surface area (Å²) in [6.45, 7) is 12.3. The average Bonchev–Trinajstić information content (AvgIpc) is 3.45. The predicted molar refractivity (Wildman–Crippen MR) is 132 cm³/mol. The summed E-state index contributed by atoms with van der Waals surface area (Å²) < 4.78 is 7.11. The summed E-state index contributed by atoms with van der Waals surface area (Å²) in [5, 5.41) is 14.7. The maximum Gasteiger partial charge on any atom is 0.341 e. The summed E-state index contributed by atoms with van der Waals surface area (Å²) in [7, 11) is 0. The van der Waals surface area contributed by atoms with Crippen LogP contribution in [0, 0.1) is 13.8 Å². The van der Waals surface area contributed by atoms with Crippen molar-refractivity contribution in [3.8, 4) is 11.4 Å². The molecule has 32 heavy (non-hydrogen) atoms. The Labute approximate surface area is 199 Å². The number of ether oxygens (including phenoxy) is 1. The molecule has 0 saturated carbocycles. The quantitative estimate of drug-likeness (QED) is 0.234. The number of hydrogen-bond donors (Lipinski definition) is 1. The first-order valence-corrected chi connectivity index (χ1v) is 12.9. The first-order valence-electron chi connectivity index (χ1n) is 10.2. The van der Waals surface area contributed by atoms with E-state index in [9.17, 15) is 9.59 Å². The van der Waals surface area contributed by atoms with Crippen molar-refractivity contribution in [2.24, 2.45) is 0 Å². The molecule has 3 aromatic rings. The number of nitrogens with zero attached hydrogens (tertiary/aromatic N) is 3. The summed E-state index contributed by atoms with van der Waals surface area (Å²) in [5.74, 6) is 0.255. The van der Waals surface area contributed by atoms with E-state index in [4.69, 9.17) is 4.74 Å². The monoisotopic (exact) mass is 490 g/mol. The molecule has 0 spiro atoms. The van der Waals surface area contributed by atoms with Crippen LogP contribution >= 0.6 is 34.4 Å². The number of anilines is 1. The number of hydrogen-bond acceptors (Lipinski definition) is 8. The molecule has 0 aliphatic carbocycles. The third-order valence-electron chi connectivity index (χ3n) is 4.74. The zero-order valence-corrected chi connectivity index (χ0v) is 21.0. The standard InChI is InChI=1S/C22H26N4O3S3/c1-6-9-26-19(15-10-16(7-2)30-11-15)24-25-22(26)31-12-17(27)23-20-18(21(28)29-8-3)13(4)14(5)32-20/h6,10-11H,1,7-9,12H2,2-5H3,(H,23,27). The number of carbonyl (C=O) groups is 2. The van der Waals surface area contributed by atoms with Crippen molar-refractivity contribution in [1.82, 2.24) is 14.8 Å². The van der Waals surface area contributed by atoms with Crippen LogP contribution < -0.4 is 5.32 Å². The zero-order valence-electron chi connectivity index (χ0n) is 18.6. The topological polar surface area (TPSA) is 86.1 Å². The molecule has 0 fully saturated rings. The highest BCUT2D eigenvalue weighted by atomic mass is 32.2. The van der Waals surface area contributed by atoms with Gasteiger partial charge in [0.1, 0.15) is 5.00 Å². The second-order valence-corrected chi connectivity index (χ2v) is 10.1. The lowest BCUT2D eigenvalue weighted by Gasteiger charge is -2.08. The third-order valence-corrected chi connectivity index (χ3v) is 7.91. The van der Waals surface area contributed by atoms with Gasteiger partial charge in [-0.3, -0.25) is 9.36 Å². The third kappa shape index (κ3) is 5.31. The number of aryl methyl sites for hydroxylation is 2. The lowest BCUT2D eigenvalue weighted by Crippen LogP contribution is -2.17. The minimum atomic E-state index is -0.421. The second-order valence-electron chi connectivity index (χ2n) is 6.91. The fraction of sp³-hybridized carbons (Fsp3) is 0.364. The van der Waals surface area contributed by atoms with E-state index in [-0.39, 0.29) is 18.3 Å². The van der Waals surface area contributed by atoms with E-state index in [1.54, 1.807) is 24.3 Å². The number of nitrogens with one attached hydrogen (secondary N) is 1. The van der Waals surface area contributed by atoms with Crippen molar-refractivity contribution in [3.05, 3.63) is 45.0 Å². The van der Waals surface area contributed by atoms with E-state index in [2.05, 4.69) is 40.5 Å². The second kappa shape index (κ2) is 10.9. The number of carbonyl (C=O) groups excluding carboxylic acids is 2. The largest absolute Gasteiger partial charge is 0.462 e. The number of aromatic nitrogens is 3. The first-order chi connectivity index (χ1) is 15.4. The van der Waals surface area contributed by atoms with Crippen molar-refractivity contribution >= 4 is 51.3 Å². The van der Waals surface area contributed by atoms with E-state index in [1.807, 2.05) is 18.4 Å². The lowest BCUT2D eigenvalue weighted by atomic mass is 10.1. The molecule has 1 N–H and O–H groups in total. The highest BCUT2D eigenvalue weighted by Crippen LogP contribution is 2.33. The molecule has 0 atom stereocenters. The molecule has 0 aromatic carbocycles. The molecule has 3 heterocycles. The van der Waals surface area contributed by atoms with Crippen LogP contribution in [0.5, 0.6) is 0 Å². The molecule has 10 heteroatoms. The van der Waals surface area contributed by atoms with Crippen molar-refractivity contribution in [1.29, 1.82) is 0 Å². The molecule has 170 valence electrons. The molecule has 0 aliphatic rings. The number of thioether (sulfide) groups is 1. The number of amides is 1. The van der Waals surface area contributed by atoms with Gasteiger partial charge in [-0.25, -0.2) is 4.79 Å². The zero-order chi connectivity index (χ0) is 23.3. The van der Waals surface area contributed by atoms with Gasteiger partial charge in [-0.15, -0.1) is 39.4 Å². The Morgan fingerprint density at radius 3 is 2.75 bits per heavy atom. The molecule has 0 unspecified atom stereocenters. The van der Waals surface area contributed by atoms with Gasteiger partial charge in [0.05, 0.1) is 17.9 Å². The summed E-state index contributed by atoms with van der Waals surface area (Å²) in [4.78, 5) is 27.3. The minimum absolute atomic E-state index is 0.136. The molecule has 0 bridgehead atoms. The molecule has 3 rings (SSSR count). The van der Waals surface area contributed by atoms with Crippen molar-refractivity contribution < 1.29 is 14.3 Å². The van der Waals surface area contributed by atoms with Crippen LogP contribution in [0.25, 0.3) is 11.4 Å². The molecular formula is C22H26N4O3S3. The summed E-state index contributed by atoms with van der Waals surface area (Å²) in [6.07, 6.45) is 2.75. The van der Waals surface area contributed by atoms with Crippen LogP contribution in [-0.2, 0) is 22.5 Å². The van der Waals surface area contributed by atoms with E-state index in [0.717, 1.165) is 28.2 Å². The Balaban J connectivity index is 1.74. The van der Waals surface area contributed by atoms with Gasteiger partial charge in [0.25, 0.3) is 0 Å². The summed E-state index contributed by atoms with van der Waals surface area (Å²) >= 11 is 4.37. The van der Waals surface area contributed by atoms with Crippen LogP contribution in [0.2, 0.25) is 0 Å². The van der Waals surface area contributed by atoms with Gasteiger partial charge in [0, 0.05) is 27.2 Å². The van der Waals surface area contributed by atoms with Gasteiger partial charge in [0.2, 0.25) is 5.91 Å². The normalized spacial score (nSPS) is 10.9. The smallest absolute Gasteiger partial charge is 0.341 e. The molecule has 0 aliphatic heterocycles. The van der Waals surface area contributed by atoms with Crippen LogP contribution in [-0.4, -0.2) is 39.0 Å². The summed E-state index contributed by atoms with van der Waals surface area (Å²) in [5.41, 5.74) is 2.27. The fourth-order valence-electron chi connectivity index (χ4n) is 3.04. The molecule has 1 amide bonds. The van der Waals surface area contributed by atoms with Gasteiger partial charge < -0.3 is 10.1 Å². The molecule has 0 saturated heterocycles. The highest BCUT2D eigenvalue weighted by Gasteiger charge is 2.22. The Kier molecular flexibility index (Phi) is 8.27. The van der Waals surface area contributed by atoms with Crippen LogP contribution in [0.1, 0.15) is 39.5 Å². The maximum atomic E-state index is 12.7. The van der Waals surface area contributed by atoms with E-state index >= 15 is 0 Å².